The van der Waals surface area contributed by atoms with Crippen LogP contribution in [-0.2, 0) is 4.74 Å². The third-order valence-electron chi connectivity index (χ3n) is 2.34. The summed E-state index contributed by atoms with van der Waals surface area (Å²) in [6.45, 7) is 0. The lowest BCUT2D eigenvalue weighted by atomic mass is 10.2. The Labute approximate surface area is 100 Å². The van der Waals surface area contributed by atoms with Gasteiger partial charge in [-0.15, -0.1) is 11.3 Å². The topological polar surface area (TPSA) is 9.23 Å². The van der Waals surface area contributed by atoms with Crippen LogP contribution in [0.3, 0.4) is 0 Å². The van der Waals surface area contributed by atoms with Crippen LogP contribution in [0, 0.1) is 0 Å². The minimum atomic E-state index is 0.0557. The number of ether oxygens (including phenoxy) is 1. The van der Waals surface area contributed by atoms with Crippen molar-refractivity contribution in [2.75, 3.05) is 7.11 Å². The number of benzene rings is 1. The van der Waals surface area contributed by atoms with Crippen LogP contribution in [0.4, 0.5) is 0 Å². The van der Waals surface area contributed by atoms with E-state index in [4.69, 9.17) is 4.74 Å². The summed E-state index contributed by atoms with van der Waals surface area (Å²) in [4.78, 5) is 1.23. The molecule has 2 rings (SSSR count). The normalized spacial score (nSPS) is 13.1. The third-order valence-corrected chi connectivity index (χ3v) is 3.27. The van der Waals surface area contributed by atoms with E-state index in [-0.39, 0.29) is 6.10 Å². The van der Waals surface area contributed by atoms with Crippen molar-refractivity contribution in [3.05, 3.63) is 64.4 Å². The first kappa shape index (κ1) is 11.1. The summed E-state index contributed by atoms with van der Waals surface area (Å²) in [5.41, 5.74) is 1.20. The average molecular weight is 230 g/mol. The molecule has 1 atom stereocenters. The maximum absolute atomic E-state index is 5.44. The van der Waals surface area contributed by atoms with Gasteiger partial charge in [-0.25, -0.2) is 0 Å². The van der Waals surface area contributed by atoms with Gasteiger partial charge >= 0.3 is 0 Å². The average Bonchev–Trinajstić information content (AvgIpc) is 2.85. The van der Waals surface area contributed by atoms with Crippen LogP contribution in [0.2, 0.25) is 0 Å². The lowest BCUT2D eigenvalue weighted by Crippen LogP contribution is -1.93. The molecule has 82 valence electrons. The Morgan fingerprint density at radius 3 is 2.56 bits per heavy atom. The van der Waals surface area contributed by atoms with Crippen molar-refractivity contribution in [3.8, 4) is 0 Å². The Balaban J connectivity index is 2.11. The molecular weight excluding hydrogens is 216 g/mol. The van der Waals surface area contributed by atoms with E-state index in [1.54, 1.807) is 18.4 Å². The zero-order chi connectivity index (χ0) is 11.2. The fourth-order valence-corrected chi connectivity index (χ4v) is 2.29. The highest BCUT2D eigenvalue weighted by atomic mass is 32.1. The zero-order valence-corrected chi connectivity index (χ0v) is 9.98. The zero-order valence-electron chi connectivity index (χ0n) is 9.17. The number of hydrogen-bond acceptors (Lipinski definition) is 2. The van der Waals surface area contributed by atoms with Crippen LogP contribution in [0.1, 0.15) is 16.5 Å². The summed E-state index contributed by atoms with van der Waals surface area (Å²) in [5.74, 6) is 0. The van der Waals surface area contributed by atoms with E-state index in [2.05, 4.69) is 35.7 Å². The summed E-state index contributed by atoms with van der Waals surface area (Å²) in [5, 5.41) is 2.07. The number of rotatable bonds is 4. The van der Waals surface area contributed by atoms with Crippen LogP contribution in [0.25, 0.3) is 6.08 Å². The minimum absolute atomic E-state index is 0.0557. The largest absolute Gasteiger partial charge is 0.372 e. The first-order chi connectivity index (χ1) is 7.90. The summed E-state index contributed by atoms with van der Waals surface area (Å²) in [7, 11) is 1.74. The van der Waals surface area contributed by atoms with Gasteiger partial charge in [-0.2, -0.15) is 0 Å². The molecule has 2 heteroatoms. The quantitative estimate of drug-likeness (QED) is 0.766. The molecule has 1 nitrogen and oxygen atoms in total. The summed E-state index contributed by atoms with van der Waals surface area (Å²) < 4.78 is 5.44. The predicted octanol–water partition coefficient (Wildman–Crippen LogP) is 4.15. The van der Waals surface area contributed by atoms with Crippen molar-refractivity contribution in [3.63, 3.8) is 0 Å². The second-order valence-corrected chi connectivity index (χ2v) is 4.42. The molecule has 1 aromatic carbocycles. The van der Waals surface area contributed by atoms with Gasteiger partial charge in [-0.05, 0) is 17.0 Å². The molecule has 16 heavy (non-hydrogen) atoms. The molecule has 0 fully saturated rings. The SMILES string of the molecule is COC(C=Cc1ccccc1)c1cccs1. The van der Waals surface area contributed by atoms with Gasteiger partial charge in [0.2, 0.25) is 0 Å². The molecule has 0 spiro atoms. The standard InChI is InChI=1S/C14H14OS/c1-15-13(14-8-5-11-16-14)10-9-12-6-3-2-4-7-12/h2-11,13H,1H3. The molecule has 1 heterocycles. The van der Waals surface area contributed by atoms with Crippen LogP contribution >= 0.6 is 11.3 Å². The van der Waals surface area contributed by atoms with E-state index in [0.717, 1.165) is 0 Å². The van der Waals surface area contributed by atoms with Crippen molar-refractivity contribution >= 4 is 17.4 Å². The van der Waals surface area contributed by atoms with Gasteiger partial charge in [-0.1, -0.05) is 48.6 Å². The van der Waals surface area contributed by atoms with Gasteiger partial charge in [0.1, 0.15) is 6.10 Å². The smallest absolute Gasteiger partial charge is 0.110 e. The van der Waals surface area contributed by atoms with Crippen molar-refractivity contribution in [2.45, 2.75) is 6.10 Å². The highest BCUT2D eigenvalue weighted by Crippen LogP contribution is 2.23. The Morgan fingerprint density at radius 1 is 1.12 bits per heavy atom. The molecule has 1 aromatic heterocycles. The van der Waals surface area contributed by atoms with E-state index in [9.17, 15) is 0 Å². The monoisotopic (exact) mass is 230 g/mol. The summed E-state index contributed by atoms with van der Waals surface area (Å²) in [6.07, 6.45) is 4.23. The summed E-state index contributed by atoms with van der Waals surface area (Å²) >= 11 is 1.71. The number of thiophene rings is 1. The predicted molar refractivity (Wildman–Crippen MR) is 69.5 cm³/mol. The lowest BCUT2D eigenvalue weighted by molar-refractivity contribution is 0.146. The van der Waals surface area contributed by atoms with Crippen LogP contribution in [0.5, 0.6) is 0 Å². The first-order valence-corrected chi connectivity index (χ1v) is 6.07. The van der Waals surface area contributed by atoms with Crippen LogP contribution < -0.4 is 0 Å². The maximum Gasteiger partial charge on any atom is 0.110 e. The van der Waals surface area contributed by atoms with E-state index in [0.29, 0.717) is 0 Å². The molecule has 0 aliphatic carbocycles. The van der Waals surface area contributed by atoms with Crippen LogP contribution in [0.15, 0.2) is 53.9 Å². The third kappa shape index (κ3) is 2.81. The van der Waals surface area contributed by atoms with Crippen molar-refractivity contribution in [1.82, 2.24) is 0 Å². The molecule has 0 saturated carbocycles. The second kappa shape index (κ2) is 5.64. The van der Waals surface area contributed by atoms with Crippen molar-refractivity contribution in [2.24, 2.45) is 0 Å². The lowest BCUT2D eigenvalue weighted by Gasteiger charge is -2.07. The molecule has 0 bridgehead atoms. The molecular formula is C14H14OS. The second-order valence-electron chi connectivity index (χ2n) is 3.44. The van der Waals surface area contributed by atoms with Crippen LogP contribution in [-0.4, -0.2) is 7.11 Å². The molecule has 0 aliphatic rings. The van der Waals surface area contributed by atoms with Gasteiger partial charge in [-0.3, -0.25) is 0 Å². The molecule has 0 radical (unpaired) electrons. The molecule has 0 saturated heterocycles. The first-order valence-electron chi connectivity index (χ1n) is 5.19. The molecule has 0 amide bonds. The Morgan fingerprint density at radius 2 is 1.94 bits per heavy atom. The molecule has 2 aromatic rings. The van der Waals surface area contributed by atoms with E-state index in [1.165, 1.54) is 10.4 Å². The Bertz CT molecular complexity index is 431. The van der Waals surface area contributed by atoms with E-state index in [1.807, 2.05) is 24.3 Å². The van der Waals surface area contributed by atoms with Gasteiger partial charge in [0, 0.05) is 12.0 Å². The van der Waals surface area contributed by atoms with Gasteiger partial charge < -0.3 is 4.74 Å². The highest BCUT2D eigenvalue weighted by molar-refractivity contribution is 7.10. The van der Waals surface area contributed by atoms with Crippen molar-refractivity contribution in [1.29, 1.82) is 0 Å². The van der Waals surface area contributed by atoms with E-state index < -0.39 is 0 Å². The van der Waals surface area contributed by atoms with Crippen molar-refractivity contribution < 1.29 is 4.74 Å². The summed E-state index contributed by atoms with van der Waals surface area (Å²) in [6, 6.07) is 14.4. The molecule has 0 aliphatic heterocycles. The van der Waals surface area contributed by atoms with Gasteiger partial charge in [0.15, 0.2) is 0 Å². The van der Waals surface area contributed by atoms with Gasteiger partial charge in [0.25, 0.3) is 0 Å². The number of hydrogen-bond donors (Lipinski definition) is 0. The van der Waals surface area contributed by atoms with Gasteiger partial charge in [0.05, 0.1) is 0 Å². The highest BCUT2D eigenvalue weighted by Gasteiger charge is 2.06. The Hall–Kier alpha value is -1.38. The number of methoxy groups -OCH3 is 1. The fraction of sp³-hybridized carbons (Fsp3) is 0.143. The maximum atomic E-state index is 5.44. The minimum Gasteiger partial charge on any atom is -0.372 e. The Kier molecular flexibility index (Phi) is 3.91. The fourth-order valence-electron chi connectivity index (χ4n) is 1.51. The molecule has 0 N–H and O–H groups in total. The molecule has 1 unspecified atom stereocenters. The van der Waals surface area contributed by atoms with E-state index >= 15 is 0 Å².